The van der Waals surface area contributed by atoms with E-state index in [4.69, 9.17) is 16.9 Å². The number of methoxy groups -OCH3 is 1. The van der Waals surface area contributed by atoms with Gasteiger partial charge in [0.05, 0.1) is 13.3 Å². The van der Waals surface area contributed by atoms with Crippen molar-refractivity contribution >= 4 is 5.82 Å². The average molecular weight is 149 g/mol. The predicted octanol–water partition coefficient (Wildman–Crippen LogP) is 0.0487. The summed E-state index contributed by atoms with van der Waals surface area (Å²) in [5, 5.41) is 0. The van der Waals surface area contributed by atoms with Gasteiger partial charge < -0.3 is 10.5 Å². The Labute approximate surface area is 64.4 Å². The quantitative estimate of drug-likeness (QED) is 0.573. The monoisotopic (exact) mass is 149 g/mol. The topological polar surface area (TPSA) is 61.0 Å². The van der Waals surface area contributed by atoms with E-state index in [2.05, 4.69) is 15.9 Å². The molecular formula is C7H7N3O. The molecule has 4 heteroatoms. The molecule has 1 aromatic rings. The number of anilines is 1. The van der Waals surface area contributed by atoms with E-state index in [-0.39, 0.29) is 11.7 Å². The lowest BCUT2D eigenvalue weighted by Gasteiger charge is -2.00. The Morgan fingerprint density at radius 1 is 1.73 bits per heavy atom. The molecule has 0 amide bonds. The summed E-state index contributed by atoms with van der Waals surface area (Å²) in [6.45, 7) is 0. The van der Waals surface area contributed by atoms with Crippen LogP contribution in [0.25, 0.3) is 0 Å². The summed E-state index contributed by atoms with van der Waals surface area (Å²) in [6.07, 6.45) is 6.49. The number of rotatable bonds is 1. The molecule has 1 aromatic heterocycles. The molecule has 1 rings (SSSR count). The summed E-state index contributed by atoms with van der Waals surface area (Å²) in [6, 6.07) is 0. The molecule has 0 bridgehead atoms. The average Bonchev–Trinajstić information content (AvgIpc) is 2.05. The molecular weight excluding hydrogens is 142 g/mol. The standard InChI is InChI=1S/C7H7N3O/c1-3-5-4-9-6(8)7(10-5)11-2/h1,4H,2H3,(H2,8,9). The third-order valence-corrected chi connectivity index (χ3v) is 1.11. The van der Waals surface area contributed by atoms with Crippen molar-refractivity contribution in [1.29, 1.82) is 0 Å². The molecule has 1 heterocycles. The van der Waals surface area contributed by atoms with Crippen molar-refractivity contribution in [3.05, 3.63) is 11.9 Å². The first kappa shape index (κ1) is 7.35. The van der Waals surface area contributed by atoms with Crippen LogP contribution < -0.4 is 10.5 Å². The van der Waals surface area contributed by atoms with Gasteiger partial charge in [-0.15, -0.1) is 6.42 Å². The minimum Gasteiger partial charge on any atom is -0.478 e. The van der Waals surface area contributed by atoms with E-state index in [1.807, 2.05) is 0 Å². The van der Waals surface area contributed by atoms with Gasteiger partial charge in [0.1, 0.15) is 5.69 Å². The van der Waals surface area contributed by atoms with Crippen LogP contribution in [-0.4, -0.2) is 17.1 Å². The van der Waals surface area contributed by atoms with Crippen molar-refractivity contribution in [2.24, 2.45) is 0 Å². The second kappa shape index (κ2) is 2.88. The molecule has 0 saturated heterocycles. The maximum atomic E-state index is 5.39. The molecule has 56 valence electrons. The number of nitrogen functional groups attached to an aromatic ring is 1. The highest BCUT2D eigenvalue weighted by atomic mass is 16.5. The van der Waals surface area contributed by atoms with E-state index in [9.17, 15) is 0 Å². The van der Waals surface area contributed by atoms with Crippen molar-refractivity contribution in [2.45, 2.75) is 0 Å². The molecule has 0 aliphatic rings. The molecule has 4 nitrogen and oxygen atoms in total. The van der Waals surface area contributed by atoms with Gasteiger partial charge >= 0.3 is 0 Å². The summed E-state index contributed by atoms with van der Waals surface area (Å²) in [5.74, 6) is 2.83. The first-order valence-corrected chi connectivity index (χ1v) is 2.91. The third-order valence-electron chi connectivity index (χ3n) is 1.11. The van der Waals surface area contributed by atoms with Crippen LogP contribution in [0.5, 0.6) is 5.88 Å². The van der Waals surface area contributed by atoms with E-state index < -0.39 is 0 Å². The largest absolute Gasteiger partial charge is 0.478 e. The number of hydrogen-bond donors (Lipinski definition) is 1. The van der Waals surface area contributed by atoms with Crippen LogP contribution >= 0.6 is 0 Å². The maximum Gasteiger partial charge on any atom is 0.258 e. The lowest BCUT2D eigenvalue weighted by Crippen LogP contribution is -1.99. The fourth-order valence-electron chi connectivity index (χ4n) is 0.601. The van der Waals surface area contributed by atoms with Crippen LogP contribution in [-0.2, 0) is 0 Å². The van der Waals surface area contributed by atoms with Gasteiger partial charge in [0.25, 0.3) is 5.88 Å². The van der Waals surface area contributed by atoms with Gasteiger partial charge in [-0.3, -0.25) is 0 Å². The van der Waals surface area contributed by atoms with Crippen molar-refractivity contribution in [3.8, 4) is 18.2 Å². The van der Waals surface area contributed by atoms with Gasteiger partial charge in [-0.2, -0.15) is 4.98 Å². The Kier molecular flexibility index (Phi) is 1.93. The molecule has 0 saturated carbocycles. The van der Waals surface area contributed by atoms with Gasteiger partial charge in [0.15, 0.2) is 5.82 Å². The molecule has 0 aromatic carbocycles. The Balaban J connectivity index is 3.15. The smallest absolute Gasteiger partial charge is 0.258 e. The Hall–Kier alpha value is -1.76. The van der Waals surface area contributed by atoms with E-state index >= 15 is 0 Å². The summed E-state index contributed by atoms with van der Waals surface area (Å²) < 4.78 is 4.79. The summed E-state index contributed by atoms with van der Waals surface area (Å²) in [4.78, 5) is 7.63. The second-order valence-corrected chi connectivity index (χ2v) is 1.79. The molecule has 2 N–H and O–H groups in total. The molecule has 0 radical (unpaired) electrons. The Morgan fingerprint density at radius 3 is 3.00 bits per heavy atom. The lowest BCUT2D eigenvalue weighted by atomic mass is 10.5. The highest BCUT2D eigenvalue weighted by Crippen LogP contribution is 2.13. The Bertz CT molecular complexity index is 303. The Morgan fingerprint density at radius 2 is 2.45 bits per heavy atom. The lowest BCUT2D eigenvalue weighted by molar-refractivity contribution is 0.398. The SMILES string of the molecule is C#Cc1cnc(N)c(OC)n1. The first-order valence-electron chi connectivity index (χ1n) is 2.91. The summed E-state index contributed by atoms with van der Waals surface area (Å²) in [7, 11) is 1.46. The van der Waals surface area contributed by atoms with E-state index in [0.717, 1.165) is 0 Å². The minimum absolute atomic E-state index is 0.242. The zero-order chi connectivity index (χ0) is 8.27. The second-order valence-electron chi connectivity index (χ2n) is 1.79. The van der Waals surface area contributed by atoms with Gasteiger partial charge in [-0.1, -0.05) is 0 Å². The van der Waals surface area contributed by atoms with Crippen LogP contribution in [0.15, 0.2) is 6.20 Å². The van der Waals surface area contributed by atoms with Gasteiger partial charge in [-0.05, 0) is 5.92 Å². The van der Waals surface area contributed by atoms with Crippen molar-refractivity contribution in [2.75, 3.05) is 12.8 Å². The van der Waals surface area contributed by atoms with E-state index in [1.165, 1.54) is 13.3 Å². The zero-order valence-corrected chi connectivity index (χ0v) is 6.03. The molecule has 0 atom stereocenters. The van der Waals surface area contributed by atoms with Crippen molar-refractivity contribution in [1.82, 2.24) is 9.97 Å². The number of hydrogen-bond acceptors (Lipinski definition) is 4. The predicted molar refractivity (Wildman–Crippen MR) is 40.9 cm³/mol. The first-order chi connectivity index (χ1) is 5.27. The van der Waals surface area contributed by atoms with Crippen LogP contribution in [0.1, 0.15) is 5.69 Å². The van der Waals surface area contributed by atoms with E-state index in [0.29, 0.717) is 5.69 Å². The molecule has 0 unspecified atom stereocenters. The number of aromatic nitrogens is 2. The van der Waals surface area contributed by atoms with Gasteiger partial charge in [-0.25, -0.2) is 4.98 Å². The minimum atomic E-state index is 0.242. The van der Waals surface area contributed by atoms with Crippen molar-refractivity contribution < 1.29 is 4.74 Å². The number of nitrogens with two attached hydrogens (primary N) is 1. The van der Waals surface area contributed by atoms with Crippen LogP contribution in [0.3, 0.4) is 0 Å². The summed E-state index contributed by atoms with van der Waals surface area (Å²) in [5.41, 5.74) is 5.80. The fraction of sp³-hybridized carbons (Fsp3) is 0.143. The summed E-state index contributed by atoms with van der Waals surface area (Å²) >= 11 is 0. The third kappa shape index (κ3) is 1.38. The van der Waals surface area contributed by atoms with Gasteiger partial charge in [0, 0.05) is 0 Å². The molecule has 0 fully saturated rings. The highest BCUT2D eigenvalue weighted by Gasteiger charge is 2.01. The number of nitrogens with zero attached hydrogens (tertiary/aromatic N) is 2. The van der Waals surface area contributed by atoms with Crippen LogP contribution in [0.4, 0.5) is 5.82 Å². The number of ether oxygens (including phenoxy) is 1. The maximum absolute atomic E-state index is 5.39. The van der Waals surface area contributed by atoms with Crippen molar-refractivity contribution in [3.63, 3.8) is 0 Å². The zero-order valence-electron chi connectivity index (χ0n) is 6.03. The van der Waals surface area contributed by atoms with Crippen LogP contribution in [0.2, 0.25) is 0 Å². The fourth-order valence-corrected chi connectivity index (χ4v) is 0.601. The molecule has 0 aliphatic carbocycles. The molecule has 0 aliphatic heterocycles. The van der Waals surface area contributed by atoms with Gasteiger partial charge in [0.2, 0.25) is 0 Å². The highest BCUT2D eigenvalue weighted by molar-refractivity contribution is 5.42. The normalized spacial score (nSPS) is 8.73. The molecule has 0 spiro atoms. The number of terminal acetylenes is 1. The molecule has 11 heavy (non-hydrogen) atoms. The van der Waals surface area contributed by atoms with E-state index in [1.54, 1.807) is 0 Å². The van der Waals surface area contributed by atoms with Crippen LogP contribution in [0, 0.1) is 12.3 Å².